The Kier molecular flexibility index (Phi) is 4.64. The number of nitrogens with one attached hydrogen (secondary N) is 2. The zero-order valence-electron chi connectivity index (χ0n) is 10.1. The van der Waals surface area contributed by atoms with Crippen LogP contribution in [0.25, 0.3) is 0 Å². The van der Waals surface area contributed by atoms with Crippen molar-refractivity contribution < 1.29 is 8.42 Å². The predicted molar refractivity (Wildman–Crippen MR) is 67.5 cm³/mol. The van der Waals surface area contributed by atoms with Crippen LogP contribution in [0.4, 0.5) is 11.8 Å². The van der Waals surface area contributed by atoms with Crippen LogP contribution >= 0.6 is 0 Å². The molecule has 0 amide bonds. The van der Waals surface area contributed by atoms with Gasteiger partial charge in [0.25, 0.3) is 0 Å². The van der Waals surface area contributed by atoms with Gasteiger partial charge in [-0.05, 0) is 6.07 Å². The summed E-state index contributed by atoms with van der Waals surface area (Å²) in [5.41, 5.74) is 0. The Labute approximate surface area is 101 Å². The van der Waals surface area contributed by atoms with E-state index in [0.717, 1.165) is 0 Å². The van der Waals surface area contributed by atoms with Crippen molar-refractivity contribution >= 4 is 21.8 Å². The SMILES string of the molecule is CNc1nccc(NCCS(=O)(=O)N(C)C)n1. The van der Waals surface area contributed by atoms with E-state index in [1.165, 1.54) is 18.4 Å². The van der Waals surface area contributed by atoms with Crippen molar-refractivity contribution in [3.8, 4) is 0 Å². The van der Waals surface area contributed by atoms with Crippen molar-refractivity contribution in [1.82, 2.24) is 14.3 Å². The molecule has 0 aromatic carbocycles. The van der Waals surface area contributed by atoms with Gasteiger partial charge in [0.2, 0.25) is 16.0 Å². The molecule has 2 N–H and O–H groups in total. The number of rotatable bonds is 6. The van der Waals surface area contributed by atoms with Crippen LogP contribution in [0.5, 0.6) is 0 Å². The van der Waals surface area contributed by atoms with Gasteiger partial charge in [0, 0.05) is 33.9 Å². The van der Waals surface area contributed by atoms with Crippen LogP contribution in [-0.2, 0) is 10.0 Å². The topological polar surface area (TPSA) is 87.2 Å². The van der Waals surface area contributed by atoms with Crippen molar-refractivity contribution in [1.29, 1.82) is 0 Å². The Morgan fingerprint density at radius 3 is 2.71 bits per heavy atom. The molecule has 1 aromatic rings. The molecule has 0 atom stereocenters. The molecule has 96 valence electrons. The summed E-state index contributed by atoms with van der Waals surface area (Å²) in [6.45, 7) is 0.306. The molecule has 17 heavy (non-hydrogen) atoms. The zero-order chi connectivity index (χ0) is 12.9. The summed E-state index contributed by atoms with van der Waals surface area (Å²) in [5.74, 6) is 1.11. The quantitative estimate of drug-likeness (QED) is 0.737. The molecule has 7 nitrogen and oxygen atoms in total. The molecular weight excluding hydrogens is 242 g/mol. The lowest BCUT2D eigenvalue weighted by atomic mass is 10.5. The van der Waals surface area contributed by atoms with E-state index >= 15 is 0 Å². The summed E-state index contributed by atoms with van der Waals surface area (Å²) in [6, 6.07) is 1.68. The largest absolute Gasteiger partial charge is 0.369 e. The van der Waals surface area contributed by atoms with Gasteiger partial charge in [-0.2, -0.15) is 4.98 Å². The number of hydrogen-bond acceptors (Lipinski definition) is 6. The first-order valence-electron chi connectivity index (χ1n) is 5.10. The average molecular weight is 259 g/mol. The Hall–Kier alpha value is -1.41. The van der Waals surface area contributed by atoms with Crippen LogP contribution in [0.15, 0.2) is 12.3 Å². The van der Waals surface area contributed by atoms with E-state index in [1.54, 1.807) is 19.3 Å². The van der Waals surface area contributed by atoms with E-state index in [9.17, 15) is 8.42 Å². The van der Waals surface area contributed by atoms with E-state index in [2.05, 4.69) is 20.6 Å². The third-order valence-electron chi connectivity index (χ3n) is 2.10. The van der Waals surface area contributed by atoms with Crippen LogP contribution in [-0.4, -0.2) is 56.1 Å². The van der Waals surface area contributed by atoms with E-state index in [1.807, 2.05) is 0 Å². The van der Waals surface area contributed by atoms with Crippen LogP contribution in [0, 0.1) is 0 Å². The average Bonchev–Trinajstić information content (AvgIpc) is 2.29. The summed E-state index contributed by atoms with van der Waals surface area (Å²) in [4.78, 5) is 8.07. The second-order valence-corrected chi connectivity index (χ2v) is 5.84. The summed E-state index contributed by atoms with van der Waals surface area (Å²) >= 11 is 0. The standard InChI is InChI=1S/C9H17N5O2S/c1-10-9-12-5-4-8(13-9)11-6-7-17(15,16)14(2)3/h4-5H,6-7H2,1-3H3,(H2,10,11,12,13). The van der Waals surface area contributed by atoms with E-state index < -0.39 is 10.0 Å². The monoisotopic (exact) mass is 259 g/mol. The maximum Gasteiger partial charge on any atom is 0.224 e. The minimum absolute atomic E-state index is 0.0267. The molecule has 1 rings (SSSR count). The van der Waals surface area contributed by atoms with E-state index in [0.29, 0.717) is 18.3 Å². The fourth-order valence-electron chi connectivity index (χ4n) is 1.07. The maximum absolute atomic E-state index is 11.5. The molecule has 0 radical (unpaired) electrons. The Bertz CT molecular complexity index is 460. The molecule has 8 heteroatoms. The highest BCUT2D eigenvalue weighted by atomic mass is 32.2. The van der Waals surface area contributed by atoms with Gasteiger partial charge in [0.05, 0.1) is 5.75 Å². The highest BCUT2D eigenvalue weighted by molar-refractivity contribution is 7.89. The van der Waals surface area contributed by atoms with Gasteiger partial charge in [-0.3, -0.25) is 0 Å². The van der Waals surface area contributed by atoms with Crippen molar-refractivity contribution in [3.05, 3.63) is 12.3 Å². The minimum Gasteiger partial charge on any atom is -0.369 e. The first kappa shape index (κ1) is 13.7. The molecule has 1 aromatic heterocycles. The first-order valence-corrected chi connectivity index (χ1v) is 6.71. The molecule has 0 aliphatic heterocycles. The molecule has 0 saturated heterocycles. The second kappa shape index (κ2) is 5.78. The van der Waals surface area contributed by atoms with Gasteiger partial charge in [-0.1, -0.05) is 0 Å². The highest BCUT2D eigenvalue weighted by Crippen LogP contribution is 2.04. The molecule has 0 aliphatic carbocycles. The van der Waals surface area contributed by atoms with Gasteiger partial charge < -0.3 is 10.6 Å². The summed E-state index contributed by atoms with van der Waals surface area (Å²) in [7, 11) is 1.57. The molecule has 0 unspecified atom stereocenters. The molecule has 0 spiro atoms. The van der Waals surface area contributed by atoms with Crippen molar-refractivity contribution in [2.24, 2.45) is 0 Å². The second-order valence-electron chi connectivity index (χ2n) is 3.54. The molecule has 0 aliphatic rings. The van der Waals surface area contributed by atoms with Crippen LogP contribution in [0.3, 0.4) is 0 Å². The summed E-state index contributed by atoms with van der Waals surface area (Å²) in [6.07, 6.45) is 1.60. The Balaban J connectivity index is 2.51. The smallest absolute Gasteiger partial charge is 0.224 e. The fourth-order valence-corrected chi connectivity index (χ4v) is 1.79. The van der Waals surface area contributed by atoms with E-state index in [4.69, 9.17) is 0 Å². The van der Waals surface area contributed by atoms with Crippen molar-refractivity contribution in [2.75, 3.05) is 44.1 Å². The van der Waals surface area contributed by atoms with Crippen LogP contribution < -0.4 is 10.6 Å². The summed E-state index contributed by atoms with van der Waals surface area (Å²) in [5, 5.41) is 5.74. The Morgan fingerprint density at radius 2 is 2.12 bits per heavy atom. The van der Waals surface area contributed by atoms with Gasteiger partial charge >= 0.3 is 0 Å². The number of anilines is 2. The van der Waals surface area contributed by atoms with Crippen LogP contribution in [0.1, 0.15) is 0 Å². The third kappa shape index (κ3) is 4.16. The number of aromatic nitrogens is 2. The normalized spacial score (nSPS) is 11.5. The predicted octanol–water partition coefficient (Wildman–Crippen LogP) is -0.178. The van der Waals surface area contributed by atoms with Gasteiger partial charge in [0.1, 0.15) is 5.82 Å². The molecular formula is C9H17N5O2S. The lowest BCUT2D eigenvalue weighted by Crippen LogP contribution is -2.28. The number of sulfonamides is 1. The van der Waals surface area contributed by atoms with Gasteiger partial charge in [-0.15, -0.1) is 0 Å². The zero-order valence-corrected chi connectivity index (χ0v) is 11.0. The molecule has 0 bridgehead atoms. The van der Waals surface area contributed by atoms with Crippen LogP contribution in [0.2, 0.25) is 0 Å². The Morgan fingerprint density at radius 1 is 1.41 bits per heavy atom. The van der Waals surface area contributed by atoms with Crippen molar-refractivity contribution in [3.63, 3.8) is 0 Å². The van der Waals surface area contributed by atoms with Gasteiger partial charge in [-0.25, -0.2) is 17.7 Å². The lowest BCUT2D eigenvalue weighted by molar-refractivity contribution is 0.521. The maximum atomic E-state index is 11.5. The third-order valence-corrected chi connectivity index (χ3v) is 3.93. The number of nitrogens with zero attached hydrogens (tertiary/aromatic N) is 3. The summed E-state index contributed by atoms with van der Waals surface area (Å²) < 4.78 is 24.2. The minimum atomic E-state index is -3.17. The highest BCUT2D eigenvalue weighted by Gasteiger charge is 2.12. The van der Waals surface area contributed by atoms with Gasteiger partial charge in [0.15, 0.2) is 0 Å². The fraction of sp³-hybridized carbons (Fsp3) is 0.556. The molecule has 0 saturated carbocycles. The van der Waals surface area contributed by atoms with E-state index in [-0.39, 0.29) is 5.75 Å². The first-order chi connectivity index (χ1) is 7.95. The van der Waals surface area contributed by atoms with Crippen molar-refractivity contribution in [2.45, 2.75) is 0 Å². The molecule has 0 fully saturated rings. The number of hydrogen-bond donors (Lipinski definition) is 2. The molecule has 1 heterocycles. The lowest BCUT2D eigenvalue weighted by Gasteiger charge is -2.11.